The molecule has 0 unspecified atom stereocenters. The van der Waals surface area contributed by atoms with E-state index in [0.29, 0.717) is 31.6 Å². The van der Waals surface area contributed by atoms with E-state index in [2.05, 4.69) is 5.32 Å². The van der Waals surface area contributed by atoms with E-state index < -0.39 is 17.1 Å². The Hall–Kier alpha value is -3.73. The fourth-order valence-corrected chi connectivity index (χ4v) is 4.58. The highest BCUT2D eigenvalue weighted by Crippen LogP contribution is 2.32. The number of hydrogen-bond acceptors (Lipinski definition) is 7. The highest BCUT2D eigenvalue weighted by atomic mass is 19.1. The van der Waals surface area contributed by atoms with Crippen LogP contribution in [0.3, 0.4) is 0 Å². The molecule has 2 aromatic rings. The Morgan fingerprint density at radius 3 is 2.63 bits per heavy atom. The lowest BCUT2D eigenvalue weighted by molar-refractivity contribution is -0.121. The quantitative estimate of drug-likeness (QED) is 0.303. The number of unbranched alkanes of at least 4 members (excludes halogenated alkanes) is 4. The van der Waals surface area contributed by atoms with Crippen LogP contribution in [0, 0.1) is 5.82 Å². The maximum Gasteiger partial charge on any atom is 0.278 e. The molecule has 1 aliphatic carbocycles. The molecule has 1 fully saturated rings. The Labute approximate surface area is 220 Å². The van der Waals surface area contributed by atoms with Crippen molar-refractivity contribution in [1.82, 2.24) is 14.9 Å². The molecule has 10 nitrogen and oxygen atoms in total. The largest absolute Gasteiger partial charge is 0.502 e. The lowest BCUT2D eigenvalue weighted by Crippen LogP contribution is -2.57. The summed E-state index contributed by atoms with van der Waals surface area (Å²) in [6.45, 7) is 1.06. The van der Waals surface area contributed by atoms with Crippen LogP contribution in [0.2, 0.25) is 0 Å². The van der Waals surface area contributed by atoms with Crippen LogP contribution in [-0.4, -0.2) is 59.1 Å². The van der Waals surface area contributed by atoms with Gasteiger partial charge in [0.15, 0.2) is 17.7 Å². The number of amides is 2. The van der Waals surface area contributed by atoms with Crippen molar-refractivity contribution in [3.63, 3.8) is 0 Å². The second kappa shape index (κ2) is 12.2. The number of ether oxygens (including phenoxy) is 1. The molecule has 2 amide bonds. The summed E-state index contributed by atoms with van der Waals surface area (Å²) in [6.07, 6.45) is 7.24. The second-order valence-electron chi connectivity index (χ2n) is 9.66. The molecule has 1 aromatic carbocycles. The second-order valence-corrected chi connectivity index (χ2v) is 9.66. The number of halogens is 1. The van der Waals surface area contributed by atoms with Crippen molar-refractivity contribution < 1.29 is 28.6 Å². The van der Waals surface area contributed by atoms with Crippen LogP contribution in [0.15, 0.2) is 29.2 Å². The number of nitrogens with zero attached hydrogens (tertiary/aromatic N) is 3. The summed E-state index contributed by atoms with van der Waals surface area (Å²) in [5.41, 5.74) is -0.644. The maximum absolute atomic E-state index is 13.5. The summed E-state index contributed by atoms with van der Waals surface area (Å²) >= 11 is 0. The van der Waals surface area contributed by atoms with Crippen LogP contribution in [-0.2, 0) is 11.3 Å². The monoisotopic (exact) mass is 528 g/mol. The van der Waals surface area contributed by atoms with Crippen LogP contribution in [0.1, 0.15) is 77.8 Å². The zero-order chi connectivity index (χ0) is 27.2. The van der Waals surface area contributed by atoms with Gasteiger partial charge in [0, 0.05) is 36.8 Å². The predicted molar refractivity (Wildman–Crippen MR) is 137 cm³/mol. The topological polar surface area (TPSA) is 121 Å². The first-order chi connectivity index (χ1) is 18.3. The fourth-order valence-electron chi connectivity index (χ4n) is 4.58. The standard InChI is InChI=1S/C27H33FN4O6/c1-29-14-18-8-9-20(28)13-22(18)38-12-6-4-2-3-5-7-23(34)32-17-30(21-10-11-21)27(37)24-26(36)25(35)19(16-33)15-31(24)32/h8-9,13,15-16,21,29,36H,2-7,10-12,14,17H2,1H3. The van der Waals surface area contributed by atoms with Gasteiger partial charge >= 0.3 is 0 Å². The average molecular weight is 529 g/mol. The predicted octanol–water partition coefficient (Wildman–Crippen LogP) is 2.68. The summed E-state index contributed by atoms with van der Waals surface area (Å²) in [5, 5.41) is 14.7. The number of carbonyl (C=O) groups excluding carboxylic acids is 3. The van der Waals surface area contributed by atoms with E-state index in [0.717, 1.165) is 55.0 Å². The molecule has 1 aromatic heterocycles. The molecular formula is C27H33FN4O6. The molecule has 204 valence electrons. The van der Waals surface area contributed by atoms with Gasteiger partial charge in [0.05, 0.1) is 12.2 Å². The van der Waals surface area contributed by atoms with E-state index in [4.69, 9.17) is 4.74 Å². The third-order valence-corrected chi connectivity index (χ3v) is 6.79. The highest BCUT2D eigenvalue weighted by molar-refractivity contribution is 6.00. The minimum atomic E-state index is -0.927. The normalized spacial score (nSPS) is 14.9. The first-order valence-corrected chi connectivity index (χ1v) is 13.0. The summed E-state index contributed by atoms with van der Waals surface area (Å²) in [6, 6.07) is 4.48. The number of hydrogen-bond donors (Lipinski definition) is 2. The molecule has 0 bridgehead atoms. The van der Waals surface area contributed by atoms with Crippen molar-refractivity contribution in [3.05, 3.63) is 57.3 Å². The van der Waals surface area contributed by atoms with E-state index >= 15 is 0 Å². The van der Waals surface area contributed by atoms with E-state index in [-0.39, 0.29) is 42.1 Å². The average Bonchev–Trinajstić information content (AvgIpc) is 3.74. The molecule has 2 aliphatic rings. The van der Waals surface area contributed by atoms with Crippen LogP contribution in [0.4, 0.5) is 4.39 Å². The SMILES string of the molecule is CNCc1ccc(F)cc1OCCCCCCCC(=O)N1CN(C2CC2)C(=O)c2c(O)c(=O)c(C=O)cn21. The van der Waals surface area contributed by atoms with Gasteiger partial charge < -0.3 is 20.1 Å². The van der Waals surface area contributed by atoms with Gasteiger partial charge in [0.1, 0.15) is 18.2 Å². The van der Waals surface area contributed by atoms with Gasteiger partial charge in [-0.15, -0.1) is 0 Å². The van der Waals surface area contributed by atoms with Gasteiger partial charge in [-0.1, -0.05) is 25.3 Å². The summed E-state index contributed by atoms with van der Waals surface area (Å²) in [7, 11) is 1.82. The zero-order valence-electron chi connectivity index (χ0n) is 21.5. The van der Waals surface area contributed by atoms with Gasteiger partial charge in [-0.3, -0.25) is 19.2 Å². The third-order valence-electron chi connectivity index (χ3n) is 6.79. The van der Waals surface area contributed by atoms with Crippen LogP contribution in [0.25, 0.3) is 0 Å². The van der Waals surface area contributed by atoms with Crippen LogP contribution >= 0.6 is 0 Å². The Balaban J connectivity index is 1.27. The lowest BCUT2D eigenvalue weighted by atomic mass is 10.1. The van der Waals surface area contributed by atoms with Crippen molar-refractivity contribution in [1.29, 1.82) is 0 Å². The number of aromatic hydroxyl groups is 1. The van der Waals surface area contributed by atoms with E-state index in [1.807, 2.05) is 7.05 Å². The minimum absolute atomic E-state index is 0.00288. The molecule has 38 heavy (non-hydrogen) atoms. The maximum atomic E-state index is 13.5. The van der Waals surface area contributed by atoms with Crippen LogP contribution < -0.4 is 20.5 Å². The van der Waals surface area contributed by atoms with Gasteiger partial charge in [-0.2, -0.15) is 0 Å². The van der Waals surface area contributed by atoms with Gasteiger partial charge in [0.2, 0.25) is 11.3 Å². The van der Waals surface area contributed by atoms with Crippen molar-refractivity contribution in [2.45, 2.75) is 64.0 Å². The minimum Gasteiger partial charge on any atom is -0.502 e. The number of benzene rings is 1. The van der Waals surface area contributed by atoms with Crippen molar-refractivity contribution in [2.75, 3.05) is 25.3 Å². The molecule has 0 radical (unpaired) electrons. The number of aromatic nitrogens is 1. The fraction of sp³-hybridized carbons (Fsp3) is 0.481. The number of pyridine rings is 1. The Kier molecular flexibility index (Phi) is 8.77. The number of aldehydes is 1. The van der Waals surface area contributed by atoms with Gasteiger partial charge in [-0.25, -0.2) is 14.1 Å². The van der Waals surface area contributed by atoms with E-state index in [9.17, 15) is 28.7 Å². The highest BCUT2D eigenvalue weighted by Gasteiger charge is 2.42. The summed E-state index contributed by atoms with van der Waals surface area (Å²) < 4.78 is 20.5. The van der Waals surface area contributed by atoms with Gasteiger partial charge in [-0.05, 0) is 38.8 Å². The first-order valence-electron chi connectivity index (χ1n) is 13.0. The molecule has 1 aliphatic heterocycles. The first kappa shape index (κ1) is 27.3. The summed E-state index contributed by atoms with van der Waals surface area (Å²) in [5.74, 6) is -1.41. The molecule has 2 heterocycles. The van der Waals surface area contributed by atoms with Crippen molar-refractivity contribution >= 4 is 18.1 Å². The van der Waals surface area contributed by atoms with Gasteiger partial charge in [0.25, 0.3) is 5.91 Å². The number of nitrogens with one attached hydrogen (secondary N) is 1. The molecule has 0 atom stereocenters. The molecule has 11 heteroatoms. The lowest BCUT2D eigenvalue weighted by Gasteiger charge is -2.38. The number of carbonyl (C=O) groups is 3. The molecule has 1 saturated carbocycles. The Bertz CT molecular complexity index is 1260. The van der Waals surface area contributed by atoms with Crippen LogP contribution in [0.5, 0.6) is 11.5 Å². The molecule has 0 saturated heterocycles. The molecule has 4 rings (SSSR count). The smallest absolute Gasteiger partial charge is 0.278 e. The third kappa shape index (κ3) is 6.04. The Morgan fingerprint density at radius 1 is 1.18 bits per heavy atom. The zero-order valence-corrected chi connectivity index (χ0v) is 21.5. The molecule has 2 N–H and O–H groups in total. The summed E-state index contributed by atoms with van der Waals surface area (Å²) in [4.78, 5) is 51.1. The van der Waals surface area contributed by atoms with E-state index in [1.54, 1.807) is 6.07 Å². The molecule has 0 spiro atoms. The number of rotatable bonds is 13. The number of fused-ring (bicyclic) bond motifs is 1. The van der Waals surface area contributed by atoms with Crippen molar-refractivity contribution in [3.8, 4) is 11.5 Å². The van der Waals surface area contributed by atoms with Crippen molar-refractivity contribution in [2.24, 2.45) is 0 Å². The van der Waals surface area contributed by atoms with E-state index in [1.165, 1.54) is 22.0 Å². The molecular weight excluding hydrogens is 495 g/mol. The Morgan fingerprint density at radius 2 is 1.92 bits per heavy atom.